The fraction of sp³-hybridized carbons (Fsp3) is 0.421. The molecule has 0 saturated carbocycles. The fourth-order valence-electron chi connectivity index (χ4n) is 3.95. The molecule has 0 aliphatic carbocycles. The molecule has 1 N–H and O–H groups in total. The van der Waals surface area contributed by atoms with Gasteiger partial charge in [0.1, 0.15) is 17.9 Å². The van der Waals surface area contributed by atoms with Crippen molar-refractivity contribution in [1.29, 1.82) is 0 Å². The number of fused-ring (bicyclic) bond motifs is 2. The number of ether oxygens (including phenoxy) is 1. The summed E-state index contributed by atoms with van der Waals surface area (Å²) in [5, 5.41) is 15.1. The number of pyridine rings is 1. The van der Waals surface area contributed by atoms with E-state index in [0.29, 0.717) is 35.6 Å². The van der Waals surface area contributed by atoms with Crippen LogP contribution in [0.4, 0.5) is 0 Å². The Morgan fingerprint density at radius 1 is 1.28 bits per heavy atom. The molecule has 5 heterocycles. The van der Waals surface area contributed by atoms with Crippen LogP contribution in [0.5, 0.6) is 0 Å². The number of rotatable bonds is 3. The Labute approximate surface area is 165 Å². The van der Waals surface area contributed by atoms with Gasteiger partial charge in [-0.15, -0.1) is 0 Å². The van der Waals surface area contributed by atoms with Crippen LogP contribution in [0.2, 0.25) is 0 Å². The number of aromatic nitrogens is 7. The standard InChI is InChI=1S/C19H21N7O3/c1-11-7-15-21-10-22-25(15)9-13(11)16(27)17-20-8-14-18(23-17)26(19(28)24(14)2)12-3-5-29-6-4-12/h7-10,12,16,27H,3-6H2,1-2H3. The zero-order chi connectivity index (χ0) is 20.1. The molecule has 1 aliphatic rings. The smallest absolute Gasteiger partial charge is 0.330 e. The number of nitrogens with zero attached hydrogens (tertiary/aromatic N) is 7. The molecule has 1 atom stereocenters. The molecule has 0 amide bonds. The second-order valence-corrected chi connectivity index (χ2v) is 7.37. The van der Waals surface area contributed by atoms with Gasteiger partial charge >= 0.3 is 5.69 Å². The van der Waals surface area contributed by atoms with Gasteiger partial charge in [0.05, 0.1) is 6.20 Å². The highest BCUT2D eigenvalue weighted by Gasteiger charge is 2.25. The topological polar surface area (TPSA) is 112 Å². The first-order chi connectivity index (χ1) is 14.0. The molecule has 150 valence electrons. The maximum Gasteiger partial charge on any atom is 0.330 e. The van der Waals surface area contributed by atoms with Crippen molar-refractivity contribution in [3.8, 4) is 0 Å². The number of aryl methyl sites for hydroxylation is 2. The van der Waals surface area contributed by atoms with Crippen LogP contribution in [0.15, 0.2) is 29.6 Å². The van der Waals surface area contributed by atoms with Gasteiger partial charge in [-0.05, 0) is 31.4 Å². The average molecular weight is 395 g/mol. The lowest BCUT2D eigenvalue weighted by atomic mass is 10.1. The summed E-state index contributed by atoms with van der Waals surface area (Å²) in [4.78, 5) is 26.0. The van der Waals surface area contributed by atoms with E-state index in [-0.39, 0.29) is 17.6 Å². The lowest BCUT2D eigenvalue weighted by molar-refractivity contribution is 0.0695. The normalized spacial score (nSPS) is 16.7. The van der Waals surface area contributed by atoms with Gasteiger partial charge in [-0.2, -0.15) is 5.10 Å². The first-order valence-electron chi connectivity index (χ1n) is 9.54. The largest absolute Gasteiger partial charge is 0.381 e. The van der Waals surface area contributed by atoms with Crippen LogP contribution in [0.25, 0.3) is 16.8 Å². The van der Waals surface area contributed by atoms with Crippen molar-refractivity contribution in [2.24, 2.45) is 7.05 Å². The Morgan fingerprint density at radius 3 is 2.86 bits per heavy atom. The van der Waals surface area contributed by atoms with E-state index in [0.717, 1.165) is 18.4 Å². The van der Waals surface area contributed by atoms with Crippen LogP contribution in [0.1, 0.15) is 41.9 Å². The Morgan fingerprint density at radius 2 is 2.07 bits per heavy atom. The Balaban J connectivity index is 1.63. The third-order valence-corrected chi connectivity index (χ3v) is 5.61. The van der Waals surface area contributed by atoms with Crippen LogP contribution in [0, 0.1) is 6.92 Å². The number of hydrogen-bond acceptors (Lipinski definition) is 7. The van der Waals surface area contributed by atoms with Crippen molar-refractivity contribution in [2.75, 3.05) is 13.2 Å². The summed E-state index contributed by atoms with van der Waals surface area (Å²) in [6.45, 7) is 3.13. The molecule has 10 heteroatoms. The predicted molar refractivity (Wildman–Crippen MR) is 104 cm³/mol. The van der Waals surface area contributed by atoms with Gasteiger partial charge in [-0.3, -0.25) is 9.13 Å². The van der Waals surface area contributed by atoms with E-state index < -0.39 is 6.10 Å². The van der Waals surface area contributed by atoms with Crippen LogP contribution >= 0.6 is 0 Å². The lowest BCUT2D eigenvalue weighted by Gasteiger charge is -2.23. The van der Waals surface area contributed by atoms with Crippen molar-refractivity contribution < 1.29 is 9.84 Å². The number of imidazole rings is 1. The van der Waals surface area contributed by atoms with Crippen molar-refractivity contribution >= 4 is 16.8 Å². The van der Waals surface area contributed by atoms with Crippen molar-refractivity contribution in [2.45, 2.75) is 31.9 Å². The molecule has 10 nitrogen and oxygen atoms in total. The van der Waals surface area contributed by atoms with Crippen LogP contribution in [-0.4, -0.2) is 52.0 Å². The summed E-state index contributed by atoms with van der Waals surface area (Å²) < 4.78 is 10.3. The predicted octanol–water partition coefficient (Wildman–Crippen LogP) is 0.914. The summed E-state index contributed by atoms with van der Waals surface area (Å²) in [6.07, 6.45) is 5.25. The quantitative estimate of drug-likeness (QED) is 0.549. The first-order valence-corrected chi connectivity index (χ1v) is 9.54. The maximum absolute atomic E-state index is 12.8. The molecule has 1 aliphatic heterocycles. The van der Waals surface area contributed by atoms with Crippen molar-refractivity contribution in [1.82, 2.24) is 33.7 Å². The van der Waals surface area contributed by atoms with E-state index in [1.165, 1.54) is 6.33 Å². The lowest BCUT2D eigenvalue weighted by Crippen LogP contribution is -2.30. The van der Waals surface area contributed by atoms with Crippen LogP contribution < -0.4 is 5.69 Å². The maximum atomic E-state index is 12.8. The molecule has 1 saturated heterocycles. The minimum Gasteiger partial charge on any atom is -0.381 e. The molecule has 0 spiro atoms. The summed E-state index contributed by atoms with van der Waals surface area (Å²) in [5.74, 6) is 0.242. The number of hydrogen-bond donors (Lipinski definition) is 1. The third kappa shape index (κ3) is 2.83. The summed E-state index contributed by atoms with van der Waals surface area (Å²) in [5.41, 5.74) is 3.24. The zero-order valence-corrected chi connectivity index (χ0v) is 16.2. The molecule has 0 radical (unpaired) electrons. The number of aliphatic hydroxyl groups excluding tert-OH is 1. The molecule has 29 heavy (non-hydrogen) atoms. The zero-order valence-electron chi connectivity index (χ0n) is 16.2. The molecule has 4 aromatic heterocycles. The van der Waals surface area contributed by atoms with E-state index in [4.69, 9.17) is 4.74 Å². The summed E-state index contributed by atoms with van der Waals surface area (Å²) in [6, 6.07) is 1.87. The molecule has 4 aromatic rings. The minimum atomic E-state index is -1.05. The van der Waals surface area contributed by atoms with Crippen molar-refractivity contribution in [3.05, 3.63) is 52.2 Å². The van der Waals surface area contributed by atoms with E-state index in [1.54, 1.807) is 33.1 Å². The highest BCUT2D eigenvalue weighted by molar-refractivity contribution is 5.70. The molecule has 5 rings (SSSR count). The SMILES string of the molecule is Cc1cc2ncnn2cc1C(O)c1ncc2c(n1)n(C1CCOCC1)c(=O)n2C. The van der Waals surface area contributed by atoms with Gasteiger partial charge in [0, 0.05) is 38.1 Å². The Hall–Kier alpha value is -3.11. The molecule has 0 bridgehead atoms. The van der Waals surface area contributed by atoms with Gasteiger partial charge < -0.3 is 9.84 Å². The van der Waals surface area contributed by atoms with Crippen molar-refractivity contribution in [3.63, 3.8) is 0 Å². The highest BCUT2D eigenvalue weighted by Crippen LogP contribution is 2.26. The molecule has 1 unspecified atom stereocenters. The average Bonchev–Trinajstić information content (AvgIpc) is 3.29. The van der Waals surface area contributed by atoms with Gasteiger partial charge in [-0.1, -0.05) is 0 Å². The fourth-order valence-corrected chi connectivity index (χ4v) is 3.95. The van der Waals surface area contributed by atoms with Gasteiger partial charge in [-0.25, -0.2) is 24.3 Å². The van der Waals surface area contributed by atoms with Crippen LogP contribution in [0.3, 0.4) is 0 Å². The number of aliphatic hydroxyl groups is 1. The highest BCUT2D eigenvalue weighted by atomic mass is 16.5. The molecular formula is C19H21N7O3. The molecule has 1 fully saturated rings. The first kappa shape index (κ1) is 18.0. The second-order valence-electron chi connectivity index (χ2n) is 7.37. The molecular weight excluding hydrogens is 374 g/mol. The monoisotopic (exact) mass is 395 g/mol. The van der Waals surface area contributed by atoms with E-state index in [9.17, 15) is 9.90 Å². The summed E-state index contributed by atoms with van der Waals surface area (Å²) in [7, 11) is 1.71. The van der Waals surface area contributed by atoms with Crippen LogP contribution in [-0.2, 0) is 11.8 Å². The van der Waals surface area contributed by atoms with Gasteiger partial charge in [0.25, 0.3) is 0 Å². The van der Waals surface area contributed by atoms with Gasteiger partial charge in [0.2, 0.25) is 0 Å². The Bertz CT molecular complexity index is 1270. The van der Waals surface area contributed by atoms with E-state index in [2.05, 4.69) is 20.1 Å². The molecule has 0 aromatic carbocycles. The van der Waals surface area contributed by atoms with Gasteiger partial charge in [0.15, 0.2) is 17.1 Å². The summed E-state index contributed by atoms with van der Waals surface area (Å²) >= 11 is 0. The Kier molecular flexibility index (Phi) is 4.18. The second kappa shape index (κ2) is 6.75. The minimum absolute atomic E-state index is 0.0214. The van der Waals surface area contributed by atoms with E-state index >= 15 is 0 Å². The third-order valence-electron chi connectivity index (χ3n) is 5.61. The van der Waals surface area contributed by atoms with E-state index in [1.807, 2.05) is 13.0 Å².